The minimum Gasteiger partial charge on any atom is -0.492 e. The van der Waals surface area contributed by atoms with Crippen molar-refractivity contribution >= 4 is 28.9 Å². The summed E-state index contributed by atoms with van der Waals surface area (Å²) in [5.41, 5.74) is 1.29. The molecule has 3 heterocycles. The minimum absolute atomic E-state index is 0.00792. The highest BCUT2D eigenvalue weighted by Crippen LogP contribution is 2.37. The maximum Gasteiger partial charge on any atom is 0.273 e. The smallest absolute Gasteiger partial charge is 0.273 e. The number of rotatable bonds is 6. The standard InChI is InChI=1S/C17H17ClN8O2/c1-19-17(27)15-11(7-13(18)23-24-15)22-10-5-6-20-14(16(10)28-2)12-8-21-26(25-12)9-3-4-9/h5-9H,3-4H2,1-2H3,(H,19,27)(H,20,22,23)/i1D3. The molecule has 3 aromatic heterocycles. The van der Waals surface area contributed by atoms with E-state index in [0.29, 0.717) is 28.9 Å². The van der Waals surface area contributed by atoms with E-state index in [1.165, 1.54) is 19.4 Å². The average Bonchev–Trinajstić information content (AvgIpc) is 3.43. The Bertz CT molecular complexity index is 1130. The van der Waals surface area contributed by atoms with Crippen LogP contribution in [0.25, 0.3) is 11.4 Å². The molecule has 0 aliphatic heterocycles. The Morgan fingerprint density at radius 1 is 1.39 bits per heavy atom. The van der Waals surface area contributed by atoms with Crippen molar-refractivity contribution in [2.24, 2.45) is 0 Å². The van der Waals surface area contributed by atoms with Crippen LogP contribution in [0.15, 0.2) is 24.5 Å². The number of nitrogens with one attached hydrogen (secondary N) is 2. The Hall–Kier alpha value is -3.27. The van der Waals surface area contributed by atoms with E-state index in [0.717, 1.165) is 12.8 Å². The van der Waals surface area contributed by atoms with E-state index in [9.17, 15) is 4.79 Å². The molecule has 1 aliphatic carbocycles. The van der Waals surface area contributed by atoms with E-state index in [1.807, 2.05) is 5.32 Å². The Kier molecular flexibility index (Phi) is 3.89. The topological polar surface area (TPSA) is 120 Å². The van der Waals surface area contributed by atoms with Crippen LogP contribution < -0.4 is 15.4 Å². The van der Waals surface area contributed by atoms with Crippen LogP contribution >= 0.6 is 11.6 Å². The van der Waals surface area contributed by atoms with Gasteiger partial charge in [-0.15, -0.1) is 10.2 Å². The van der Waals surface area contributed by atoms with Crippen molar-refractivity contribution in [1.82, 2.24) is 35.5 Å². The van der Waals surface area contributed by atoms with Gasteiger partial charge in [0.25, 0.3) is 5.91 Å². The summed E-state index contributed by atoms with van der Waals surface area (Å²) in [5, 5.41) is 21.0. The van der Waals surface area contributed by atoms with Crippen LogP contribution in [-0.2, 0) is 0 Å². The second-order valence-electron chi connectivity index (χ2n) is 6.03. The fourth-order valence-electron chi connectivity index (χ4n) is 2.64. The zero-order chi connectivity index (χ0) is 22.2. The molecule has 0 atom stereocenters. The third-order valence-corrected chi connectivity index (χ3v) is 4.28. The highest BCUT2D eigenvalue weighted by molar-refractivity contribution is 6.29. The molecule has 4 rings (SSSR count). The lowest BCUT2D eigenvalue weighted by Crippen LogP contribution is -2.21. The number of halogens is 1. The molecule has 2 N–H and O–H groups in total. The molecule has 0 bridgehead atoms. The van der Waals surface area contributed by atoms with Gasteiger partial charge in [0.15, 0.2) is 16.6 Å². The monoisotopic (exact) mass is 403 g/mol. The van der Waals surface area contributed by atoms with Gasteiger partial charge < -0.3 is 15.4 Å². The van der Waals surface area contributed by atoms with Crippen molar-refractivity contribution in [2.45, 2.75) is 18.9 Å². The van der Waals surface area contributed by atoms with Crippen LogP contribution in [0.4, 0.5) is 11.4 Å². The molecule has 1 amide bonds. The summed E-state index contributed by atoms with van der Waals surface area (Å²) in [7, 11) is 1.47. The SMILES string of the molecule is [2H]C([2H])([2H])NC(=O)c1nnc(Cl)cc1Nc1ccnc(-c2cnn(C3CC3)n2)c1OC. The second-order valence-corrected chi connectivity index (χ2v) is 6.42. The molecule has 1 fully saturated rings. The molecule has 28 heavy (non-hydrogen) atoms. The molecule has 144 valence electrons. The summed E-state index contributed by atoms with van der Waals surface area (Å²) in [6, 6.07) is 3.28. The number of ether oxygens (including phenoxy) is 1. The number of carbonyl (C=O) groups excluding carboxylic acids is 1. The van der Waals surface area contributed by atoms with Gasteiger partial charge in [-0.3, -0.25) is 9.78 Å². The van der Waals surface area contributed by atoms with E-state index < -0.39 is 12.9 Å². The molecule has 10 nitrogen and oxygen atoms in total. The zero-order valence-electron chi connectivity index (χ0n) is 17.7. The Labute approximate surface area is 169 Å². The molecule has 0 aromatic carbocycles. The van der Waals surface area contributed by atoms with Gasteiger partial charge in [0, 0.05) is 23.4 Å². The first-order valence-electron chi connectivity index (χ1n) is 9.83. The fourth-order valence-corrected chi connectivity index (χ4v) is 2.78. The normalized spacial score (nSPS) is 15.3. The molecule has 0 spiro atoms. The molecular weight excluding hydrogens is 384 g/mol. The van der Waals surface area contributed by atoms with E-state index in [2.05, 4.69) is 30.7 Å². The largest absolute Gasteiger partial charge is 0.492 e. The number of anilines is 2. The van der Waals surface area contributed by atoms with E-state index in [-0.39, 0.29) is 16.5 Å². The molecule has 0 unspecified atom stereocenters. The first-order valence-corrected chi connectivity index (χ1v) is 8.71. The second kappa shape index (κ2) is 7.39. The Morgan fingerprint density at radius 2 is 2.25 bits per heavy atom. The van der Waals surface area contributed by atoms with Crippen LogP contribution in [-0.4, -0.2) is 50.2 Å². The summed E-state index contributed by atoms with van der Waals surface area (Å²) in [6.45, 7) is -2.69. The molecule has 3 aromatic rings. The summed E-state index contributed by atoms with van der Waals surface area (Å²) in [5.74, 6) is -0.590. The maximum absolute atomic E-state index is 12.4. The highest BCUT2D eigenvalue weighted by atomic mass is 35.5. The van der Waals surface area contributed by atoms with Crippen molar-refractivity contribution in [3.63, 3.8) is 0 Å². The van der Waals surface area contributed by atoms with E-state index in [1.54, 1.807) is 17.1 Å². The number of carbonyl (C=O) groups is 1. The quantitative estimate of drug-likeness (QED) is 0.642. The number of pyridine rings is 1. The summed E-state index contributed by atoms with van der Waals surface area (Å²) in [4.78, 5) is 18.4. The summed E-state index contributed by atoms with van der Waals surface area (Å²) >= 11 is 5.94. The van der Waals surface area contributed by atoms with Crippen molar-refractivity contribution in [1.29, 1.82) is 0 Å². The Balaban J connectivity index is 1.69. The van der Waals surface area contributed by atoms with Crippen LogP contribution in [0.1, 0.15) is 33.5 Å². The highest BCUT2D eigenvalue weighted by Gasteiger charge is 2.27. The predicted molar refractivity (Wildman–Crippen MR) is 102 cm³/mol. The number of nitrogens with zero attached hydrogens (tertiary/aromatic N) is 6. The molecule has 0 radical (unpaired) electrons. The lowest BCUT2D eigenvalue weighted by molar-refractivity contribution is 0.0958. The maximum atomic E-state index is 12.4. The van der Waals surface area contributed by atoms with Crippen LogP contribution in [0, 0.1) is 0 Å². The lowest BCUT2D eigenvalue weighted by Gasteiger charge is -2.14. The first kappa shape index (κ1) is 14.7. The van der Waals surface area contributed by atoms with Gasteiger partial charge in [-0.2, -0.15) is 15.0 Å². The minimum atomic E-state index is -2.69. The van der Waals surface area contributed by atoms with Gasteiger partial charge >= 0.3 is 0 Å². The molecule has 1 saturated carbocycles. The number of methoxy groups -OCH3 is 1. The van der Waals surface area contributed by atoms with Gasteiger partial charge in [-0.1, -0.05) is 11.6 Å². The zero-order valence-corrected chi connectivity index (χ0v) is 15.4. The molecule has 0 saturated heterocycles. The van der Waals surface area contributed by atoms with E-state index in [4.69, 9.17) is 20.5 Å². The van der Waals surface area contributed by atoms with Gasteiger partial charge in [0.05, 0.1) is 30.7 Å². The summed E-state index contributed by atoms with van der Waals surface area (Å²) < 4.78 is 27.2. The molecule has 1 aliphatic rings. The number of hydrogen-bond donors (Lipinski definition) is 2. The van der Waals surface area contributed by atoms with E-state index >= 15 is 0 Å². The lowest BCUT2D eigenvalue weighted by atomic mass is 10.2. The van der Waals surface area contributed by atoms with Crippen molar-refractivity contribution in [2.75, 3.05) is 19.4 Å². The fraction of sp³-hybridized carbons (Fsp3) is 0.294. The molecule has 11 heteroatoms. The van der Waals surface area contributed by atoms with Gasteiger partial charge in [0.2, 0.25) is 0 Å². The van der Waals surface area contributed by atoms with Crippen molar-refractivity contribution in [3.8, 4) is 17.1 Å². The van der Waals surface area contributed by atoms with Crippen molar-refractivity contribution in [3.05, 3.63) is 35.4 Å². The Morgan fingerprint density at radius 3 is 3.00 bits per heavy atom. The predicted octanol–water partition coefficient (Wildman–Crippen LogP) is 2.23. The number of hydrogen-bond acceptors (Lipinski definition) is 8. The first-order chi connectivity index (χ1) is 14.7. The van der Waals surface area contributed by atoms with Gasteiger partial charge in [0.1, 0.15) is 11.4 Å². The third-order valence-electron chi connectivity index (χ3n) is 4.10. The van der Waals surface area contributed by atoms with Crippen LogP contribution in [0.2, 0.25) is 5.15 Å². The number of amides is 1. The van der Waals surface area contributed by atoms with Crippen LogP contribution in [0.3, 0.4) is 0 Å². The van der Waals surface area contributed by atoms with Gasteiger partial charge in [-0.25, -0.2) is 0 Å². The van der Waals surface area contributed by atoms with Crippen molar-refractivity contribution < 1.29 is 13.6 Å². The number of aromatic nitrogens is 6. The third kappa shape index (κ3) is 3.46. The molecular formula is C17H17ClN8O2. The van der Waals surface area contributed by atoms with Gasteiger partial charge in [-0.05, 0) is 18.9 Å². The summed E-state index contributed by atoms with van der Waals surface area (Å²) in [6.07, 6.45) is 5.22. The average molecular weight is 404 g/mol. The van der Waals surface area contributed by atoms with Crippen LogP contribution in [0.5, 0.6) is 5.75 Å².